The van der Waals surface area contributed by atoms with E-state index >= 15 is 0 Å². The maximum atomic E-state index is 14.0. The Morgan fingerprint density at radius 1 is 1.06 bits per heavy atom. The van der Waals surface area contributed by atoms with Crippen LogP contribution in [-0.4, -0.2) is 85.4 Å². The lowest BCUT2D eigenvalue weighted by Crippen LogP contribution is -2.51. The molecule has 13 nitrogen and oxygen atoms in total. The van der Waals surface area contributed by atoms with Gasteiger partial charge in [-0.1, -0.05) is 6.08 Å². The molecule has 47 heavy (non-hydrogen) atoms. The first-order valence-corrected chi connectivity index (χ1v) is 14.9. The molecule has 2 aliphatic rings. The Kier molecular flexibility index (Phi) is 8.44. The number of halogens is 3. The van der Waals surface area contributed by atoms with Crippen molar-refractivity contribution in [2.45, 2.75) is 33.0 Å². The van der Waals surface area contributed by atoms with Gasteiger partial charge in [0.1, 0.15) is 17.8 Å². The molecule has 16 heteroatoms. The number of aromatic hydroxyl groups is 1. The van der Waals surface area contributed by atoms with Gasteiger partial charge in [0.25, 0.3) is 11.5 Å². The van der Waals surface area contributed by atoms with E-state index < -0.39 is 23.2 Å². The second-order valence-corrected chi connectivity index (χ2v) is 11.3. The van der Waals surface area contributed by atoms with Crippen LogP contribution in [0.25, 0.3) is 11.4 Å². The largest absolute Gasteiger partial charge is 0.493 e. The minimum Gasteiger partial charge on any atom is -0.493 e. The molecule has 5 heterocycles. The van der Waals surface area contributed by atoms with Gasteiger partial charge in [-0.15, -0.1) is 5.10 Å². The first-order chi connectivity index (χ1) is 22.4. The molecule has 2 amide bonds. The number of rotatable bonds is 6. The summed E-state index contributed by atoms with van der Waals surface area (Å²) in [6.45, 7) is 4.94. The topological polar surface area (TPSA) is 147 Å². The van der Waals surface area contributed by atoms with Crippen molar-refractivity contribution in [3.63, 3.8) is 0 Å². The number of piperazine rings is 1. The minimum atomic E-state index is -4.51. The van der Waals surface area contributed by atoms with Gasteiger partial charge in [0.05, 0.1) is 18.8 Å². The number of hydrogen-bond acceptors (Lipinski definition) is 9. The molecular weight excluding hydrogens is 621 g/mol. The van der Waals surface area contributed by atoms with Crippen molar-refractivity contribution in [2.24, 2.45) is 0 Å². The smallest absolute Gasteiger partial charge is 0.416 e. The van der Waals surface area contributed by atoms with Crippen molar-refractivity contribution in [3.05, 3.63) is 81.2 Å². The lowest BCUT2D eigenvalue weighted by Gasteiger charge is -2.36. The predicted octanol–water partition coefficient (Wildman–Crippen LogP) is 3.03. The van der Waals surface area contributed by atoms with Gasteiger partial charge in [0.15, 0.2) is 5.82 Å². The van der Waals surface area contributed by atoms with Crippen molar-refractivity contribution in [2.75, 3.05) is 49.6 Å². The van der Waals surface area contributed by atoms with Crippen LogP contribution in [0.3, 0.4) is 0 Å². The Hall–Kier alpha value is -5.25. The van der Waals surface area contributed by atoms with Crippen LogP contribution in [0, 0.1) is 13.8 Å². The molecule has 2 N–H and O–H groups in total. The van der Waals surface area contributed by atoms with E-state index in [4.69, 9.17) is 4.74 Å². The summed E-state index contributed by atoms with van der Waals surface area (Å²) in [6.07, 6.45) is -0.730. The second kappa shape index (κ2) is 12.5. The minimum absolute atomic E-state index is 0.123. The third kappa shape index (κ3) is 6.27. The van der Waals surface area contributed by atoms with Gasteiger partial charge in [0, 0.05) is 43.8 Å². The van der Waals surface area contributed by atoms with Gasteiger partial charge in [-0.2, -0.15) is 22.7 Å². The van der Waals surface area contributed by atoms with E-state index in [9.17, 15) is 32.7 Å². The number of nitrogens with one attached hydrogen (secondary N) is 1. The van der Waals surface area contributed by atoms with Gasteiger partial charge >= 0.3 is 6.18 Å². The second-order valence-electron chi connectivity index (χ2n) is 11.3. The number of anilines is 2. The third-order valence-electron chi connectivity index (χ3n) is 8.26. The van der Waals surface area contributed by atoms with E-state index in [0.29, 0.717) is 36.7 Å². The highest BCUT2D eigenvalue weighted by Gasteiger charge is 2.31. The number of carbonyl (C=O) groups excluding carboxylic acids is 2. The molecule has 0 aliphatic carbocycles. The number of alkyl halides is 3. The van der Waals surface area contributed by atoms with Gasteiger partial charge in [-0.25, -0.2) is 4.98 Å². The van der Waals surface area contributed by atoms with Gasteiger partial charge in [-0.05, 0) is 61.7 Å². The predicted molar refractivity (Wildman–Crippen MR) is 164 cm³/mol. The van der Waals surface area contributed by atoms with Crippen molar-refractivity contribution >= 4 is 34.5 Å². The van der Waals surface area contributed by atoms with Crippen LogP contribution >= 0.6 is 0 Å². The number of fused-ring (bicyclic) bond motifs is 1. The summed E-state index contributed by atoms with van der Waals surface area (Å²) in [4.78, 5) is 52.3. The fourth-order valence-electron chi connectivity index (χ4n) is 5.75. The molecule has 0 atom stereocenters. The third-order valence-corrected chi connectivity index (χ3v) is 8.26. The monoisotopic (exact) mass is 652 g/mol. The molecule has 0 radical (unpaired) electrons. The summed E-state index contributed by atoms with van der Waals surface area (Å²) in [6, 6.07) is 5.73. The molecule has 3 aromatic heterocycles. The number of nitrogens with zero attached hydrogens (tertiary/aromatic N) is 7. The van der Waals surface area contributed by atoms with Crippen molar-refractivity contribution < 1.29 is 32.6 Å². The summed E-state index contributed by atoms with van der Waals surface area (Å²) in [7, 11) is 0. The van der Waals surface area contributed by atoms with E-state index in [2.05, 4.69) is 20.4 Å². The van der Waals surface area contributed by atoms with Gasteiger partial charge in [-0.3, -0.25) is 14.4 Å². The zero-order valence-electron chi connectivity index (χ0n) is 25.5. The van der Waals surface area contributed by atoms with Gasteiger partial charge in [0.2, 0.25) is 17.6 Å². The summed E-state index contributed by atoms with van der Waals surface area (Å²) < 4.78 is 47.1. The maximum absolute atomic E-state index is 14.0. The van der Waals surface area contributed by atoms with E-state index in [1.165, 1.54) is 18.3 Å². The number of benzene rings is 1. The Morgan fingerprint density at radius 2 is 1.79 bits per heavy atom. The molecular formula is C31H31F3N8O5. The average molecular weight is 653 g/mol. The molecule has 1 fully saturated rings. The highest BCUT2D eigenvalue weighted by molar-refractivity contribution is 5.97. The zero-order chi connectivity index (χ0) is 33.5. The number of aromatic nitrogens is 5. The number of aryl methyl sites for hydroxylation is 1. The molecule has 4 aromatic rings. The SMILES string of the molecule is Cc1ccnc(O)c1C(=O)N1CCN(c2c(C)n(CC(=O)Nc3ccc(C(F)(F)F)cc3)c3nc(C4=CCOCC4)nn3c2=O)CC1. The Bertz CT molecular complexity index is 1920. The van der Waals surface area contributed by atoms with Crippen molar-refractivity contribution in [1.29, 1.82) is 0 Å². The van der Waals surface area contributed by atoms with Crippen LogP contribution in [-0.2, 0) is 22.3 Å². The first-order valence-electron chi connectivity index (χ1n) is 14.9. The lowest BCUT2D eigenvalue weighted by molar-refractivity contribution is -0.137. The van der Waals surface area contributed by atoms with Crippen LogP contribution < -0.4 is 15.8 Å². The fourth-order valence-corrected chi connectivity index (χ4v) is 5.75. The molecule has 1 saturated heterocycles. The first kappa shape index (κ1) is 31.7. The van der Waals surface area contributed by atoms with E-state index in [1.807, 2.05) is 11.0 Å². The van der Waals surface area contributed by atoms with Crippen LogP contribution in [0.15, 0.2) is 47.4 Å². The zero-order valence-corrected chi connectivity index (χ0v) is 25.5. The van der Waals surface area contributed by atoms with Crippen LogP contribution in [0.4, 0.5) is 24.5 Å². The molecule has 246 valence electrons. The molecule has 0 unspecified atom stereocenters. The molecule has 0 saturated carbocycles. The molecule has 2 aliphatic heterocycles. The highest BCUT2D eigenvalue weighted by Crippen LogP contribution is 2.30. The number of amides is 2. The van der Waals surface area contributed by atoms with Crippen LogP contribution in [0.2, 0.25) is 0 Å². The van der Waals surface area contributed by atoms with Crippen molar-refractivity contribution in [1.82, 2.24) is 29.0 Å². The normalized spacial score (nSPS) is 15.6. The Labute approximate surface area is 265 Å². The van der Waals surface area contributed by atoms with Crippen LogP contribution in [0.1, 0.15) is 39.4 Å². The summed E-state index contributed by atoms with van der Waals surface area (Å²) in [5.41, 5.74) is 1.07. The Morgan fingerprint density at radius 3 is 2.43 bits per heavy atom. The molecule has 1 aromatic carbocycles. The number of pyridine rings is 1. The van der Waals surface area contributed by atoms with Crippen molar-refractivity contribution in [3.8, 4) is 5.88 Å². The highest BCUT2D eigenvalue weighted by atomic mass is 19.4. The number of hydrogen-bond donors (Lipinski definition) is 2. The van der Waals surface area contributed by atoms with E-state index in [-0.39, 0.29) is 67.2 Å². The molecule has 0 bridgehead atoms. The Balaban J connectivity index is 1.31. The van der Waals surface area contributed by atoms with E-state index in [0.717, 1.165) is 22.2 Å². The fraction of sp³-hybridized carbons (Fsp3) is 0.355. The summed E-state index contributed by atoms with van der Waals surface area (Å²) in [5.74, 6) is -0.833. The lowest BCUT2D eigenvalue weighted by atomic mass is 10.1. The average Bonchev–Trinajstić information content (AvgIpc) is 3.50. The number of carbonyl (C=O) groups is 2. The van der Waals surface area contributed by atoms with Gasteiger partial charge < -0.3 is 29.5 Å². The standard InChI is InChI=1S/C31H31F3N8O5/c1-18-7-10-35-27(44)24(18)28(45)40-13-11-39(12-14-40)25-19(2)41(17-23(43)36-22-5-3-21(4-6-22)31(32,33)34)30-37-26(38-42(30)29(25)46)20-8-15-47-16-9-20/h3-8,10H,9,11-17H2,1-2H3,(H,35,44)(H,36,43). The maximum Gasteiger partial charge on any atom is 0.416 e. The molecule has 0 spiro atoms. The quantitative estimate of drug-likeness (QED) is 0.321. The molecule has 6 rings (SSSR count). The summed E-state index contributed by atoms with van der Waals surface area (Å²) >= 11 is 0. The van der Waals surface area contributed by atoms with Crippen LogP contribution in [0.5, 0.6) is 5.88 Å². The van der Waals surface area contributed by atoms with E-state index in [1.54, 1.807) is 29.4 Å². The summed E-state index contributed by atoms with van der Waals surface area (Å²) in [5, 5.41) is 17.3. The number of ether oxygens (including phenoxy) is 1.